The van der Waals surface area contributed by atoms with Gasteiger partial charge in [0, 0.05) is 32.1 Å². The molecule has 0 unspecified atom stereocenters. The second-order valence-corrected chi connectivity index (χ2v) is 4.02. The predicted octanol–water partition coefficient (Wildman–Crippen LogP) is 1.44. The first-order valence-electron chi connectivity index (χ1n) is 6.20. The van der Waals surface area contributed by atoms with Gasteiger partial charge in [0.1, 0.15) is 5.82 Å². The Hall–Kier alpha value is -1.36. The van der Waals surface area contributed by atoms with Crippen LogP contribution in [0, 0.1) is 0 Å². The number of fused-ring (bicyclic) bond motifs is 1. The zero-order chi connectivity index (χ0) is 12.3. The third-order valence-electron chi connectivity index (χ3n) is 3.09. The molecule has 1 aromatic heterocycles. The molecule has 1 aromatic rings. The molecule has 0 amide bonds. The van der Waals surface area contributed by atoms with Crippen molar-refractivity contribution in [2.75, 3.05) is 37.0 Å². The van der Waals surface area contributed by atoms with E-state index < -0.39 is 0 Å². The molecule has 5 heteroatoms. The molecule has 0 aromatic carbocycles. The molecular weight excluding hydrogens is 216 g/mol. The molecule has 0 saturated heterocycles. The molecule has 1 N–H and O–H groups in total. The third kappa shape index (κ3) is 2.34. The monoisotopic (exact) mass is 236 g/mol. The van der Waals surface area contributed by atoms with Gasteiger partial charge in [0.05, 0.1) is 18.9 Å². The minimum absolute atomic E-state index is 0.615. The van der Waals surface area contributed by atoms with Crippen molar-refractivity contribution in [3.05, 3.63) is 11.3 Å². The van der Waals surface area contributed by atoms with Crippen molar-refractivity contribution in [2.24, 2.45) is 0 Å². The average molecular weight is 236 g/mol. The van der Waals surface area contributed by atoms with E-state index in [0.29, 0.717) is 6.61 Å². The third-order valence-corrected chi connectivity index (χ3v) is 3.09. The first-order valence-corrected chi connectivity index (χ1v) is 6.20. The van der Waals surface area contributed by atoms with E-state index in [1.807, 2.05) is 7.05 Å². The summed E-state index contributed by atoms with van der Waals surface area (Å²) in [6.07, 6.45) is 0.876. The number of nitrogens with zero attached hydrogens (tertiary/aromatic N) is 3. The summed E-state index contributed by atoms with van der Waals surface area (Å²) in [5, 5.41) is 3.14. The summed E-state index contributed by atoms with van der Waals surface area (Å²) in [7, 11) is 1.89. The molecule has 2 rings (SSSR count). The summed E-state index contributed by atoms with van der Waals surface area (Å²) < 4.78 is 5.46. The Balaban J connectivity index is 2.42. The van der Waals surface area contributed by atoms with Gasteiger partial charge in [0.25, 0.3) is 0 Å². The molecule has 5 nitrogen and oxygen atoms in total. The van der Waals surface area contributed by atoms with Crippen LogP contribution in [-0.4, -0.2) is 36.7 Å². The Bertz CT molecular complexity index is 373. The number of nitrogens with one attached hydrogen (secondary N) is 1. The molecule has 0 radical (unpaired) electrons. The number of ether oxygens (including phenoxy) is 1. The van der Waals surface area contributed by atoms with Crippen molar-refractivity contribution in [3.8, 4) is 0 Å². The van der Waals surface area contributed by atoms with Gasteiger partial charge in [-0.05, 0) is 13.8 Å². The molecular formula is C12H20N4O. The van der Waals surface area contributed by atoms with Gasteiger partial charge in [0.15, 0.2) is 0 Å². The van der Waals surface area contributed by atoms with Crippen LogP contribution >= 0.6 is 0 Å². The Labute approximate surface area is 102 Å². The predicted molar refractivity (Wildman–Crippen MR) is 68.5 cm³/mol. The molecule has 0 aliphatic carbocycles. The molecule has 1 aliphatic rings. The maximum absolute atomic E-state index is 5.46. The van der Waals surface area contributed by atoms with Crippen LogP contribution in [0.4, 0.5) is 11.8 Å². The quantitative estimate of drug-likeness (QED) is 0.857. The minimum Gasteiger partial charge on any atom is -0.376 e. The molecule has 0 bridgehead atoms. The van der Waals surface area contributed by atoms with E-state index in [4.69, 9.17) is 4.74 Å². The Morgan fingerprint density at radius 3 is 2.71 bits per heavy atom. The number of anilines is 2. The maximum atomic E-state index is 5.46. The highest BCUT2D eigenvalue weighted by atomic mass is 16.5. The van der Waals surface area contributed by atoms with E-state index in [0.717, 1.165) is 49.1 Å². The van der Waals surface area contributed by atoms with Gasteiger partial charge < -0.3 is 15.0 Å². The zero-order valence-corrected chi connectivity index (χ0v) is 10.8. The molecule has 1 aliphatic heterocycles. The van der Waals surface area contributed by atoms with Gasteiger partial charge in [-0.1, -0.05) is 0 Å². The smallest absolute Gasteiger partial charge is 0.227 e. The molecule has 2 heterocycles. The van der Waals surface area contributed by atoms with Gasteiger partial charge in [0.2, 0.25) is 5.95 Å². The molecule has 0 saturated carbocycles. The van der Waals surface area contributed by atoms with Gasteiger partial charge in [-0.2, -0.15) is 4.98 Å². The van der Waals surface area contributed by atoms with Crippen molar-refractivity contribution in [2.45, 2.75) is 26.9 Å². The van der Waals surface area contributed by atoms with Crippen molar-refractivity contribution in [3.63, 3.8) is 0 Å². The van der Waals surface area contributed by atoms with E-state index in [9.17, 15) is 0 Å². The lowest BCUT2D eigenvalue weighted by Crippen LogP contribution is -2.26. The van der Waals surface area contributed by atoms with Gasteiger partial charge >= 0.3 is 0 Å². The lowest BCUT2D eigenvalue weighted by Gasteiger charge is -2.24. The van der Waals surface area contributed by atoms with E-state index in [-0.39, 0.29) is 0 Å². The van der Waals surface area contributed by atoms with Crippen LogP contribution in [0.1, 0.15) is 25.1 Å². The van der Waals surface area contributed by atoms with E-state index in [1.165, 1.54) is 0 Å². The second kappa shape index (κ2) is 5.31. The molecule has 0 fully saturated rings. The summed E-state index contributed by atoms with van der Waals surface area (Å²) >= 11 is 0. The lowest BCUT2D eigenvalue weighted by atomic mass is 10.1. The average Bonchev–Trinajstić information content (AvgIpc) is 2.39. The van der Waals surface area contributed by atoms with Gasteiger partial charge in [-0.25, -0.2) is 4.98 Å². The fourth-order valence-corrected chi connectivity index (χ4v) is 2.07. The van der Waals surface area contributed by atoms with Crippen LogP contribution in [0.5, 0.6) is 0 Å². The first-order chi connectivity index (χ1) is 8.30. The molecule has 94 valence electrons. The van der Waals surface area contributed by atoms with E-state index in [1.54, 1.807) is 0 Å². The molecule has 17 heavy (non-hydrogen) atoms. The highest BCUT2D eigenvalue weighted by Gasteiger charge is 2.19. The maximum Gasteiger partial charge on any atom is 0.227 e. The van der Waals surface area contributed by atoms with Crippen LogP contribution in [0.15, 0.2) is 0 Å². The van der Waals surface area contributed by atoms with Crippen molar-refractivity contribution in [1.29, 1.82) is 0 Å². The summed E-state index contributed by atoms with van der Waals surface area (Å²) in [5.74, 6) is 1.72. The summed E-state index contributed by atoms with van der Waals surface area (Å²) in [5.41, 5.74) is 2.23. The van der Waals surface area contributed by atoms with Crippen LogP contribution < -0.4 is 10.2 Å². The highest BCUT2D eigenvalue weighted by Crippen LogP contribution is 2.24. The summed E-state index contributed by atoms with van der Waals surface area (Å²) in [4.78, 5) is 11.4. The number of aromatic nitrogens is 2. The number of hydrogen-bond acceptors (Lipinski definition) is 5. The van der Waals surface area contributed by atoms with E-state index in [2.05, 4.69) is 34.0 Å². The number of hydrogen-bond donors (Lipinski definition) is 1. The van der Waals surface area contributed by atoms with Crippen LogP contribution in [0.3, 0.4) is 0 Å². The minimum atomic E-state index is 0.615. The molecule has 0 spiro atoms. The van der Waals surface area contributed by atoms with E-state index >= 15 is 0 Å². The van der Waals surface area contributed by atoms with Crippen LogP contribution in [-0.2, 0) is 17.8 Å². The largest absolute Gasteiger partial charge is 0.376 e. The van der Waals surface area contributed by atoms with Gasteiger partial charge in [-0.15, -0.1) is 0 Å². The van der Waals surface area contributed by atoms with Crippen molar-refractivity contribution >= 4 is 11.8 Å². The van der Waals surface area contributed by atoms with Crippen LogP contribution in [0.2, 0.25) is 0 Å². The summed E-state index contributed by atoms with van der Waals surface area (Å²) in [6, 6.07) is 0. The topological polar surface area (TPSA) is 50.3 Å². The zero-order valence-electron chi connectivity index (χ0n) is 10.8. The van der Waals surface area contributed by atoms with Crippen molar-refractivity contribution < 1.29 is 4.74 Å². The van der Waals surface area contributed by atoms with Crippen LogP contribution in [0.25, 0.3) is 0 Å². The summed E-state index contributed by atoms with van der Waals surface area (Å²) in [6.45, 7) is 7.46. The standard InChI is InChI=1S/C12H20N4O/c1-4-16(5-2)12-14-10-6-7-17-8-9(10)11(13-3)15-12/h4-8H2,1-3H3,(H,13,14,15). The fourth-order valence-electron chi connectivity index (χ4n) is 2.07. The Kier molecular flexibility index (Phi) is 3.78. The fraction of sp³-hybridized carbons (Fsp3) is 0.667. The van der Waals surface area contributed by atoms with Gasteiger partial charge in [-0.3, -0.25) is 0 Å². The second-order valence-electron chi connectivity index (χ2n) is 4.02. The first kappa shape index (κ1) is 12.1. The Morgan fingerprint density at radius 1 is 1.29 bits per heavy atom. The normalized spacial score (nSPS) is 14.3. The number of rotatable bonds is 4. The Morgan fingerprint density at radius 2 is 2.06 bits per heavy atom. The highest BCUT2D eigenvalue weighted by molar-refractivity contribution is 5.51. The van der Waals surface area contributed by atoms with Crippen molar-refractivity contribution in [1.82, 2.24) is 9.97 Å². The lowest BCUT2D eigenvalue weighted by molar-refractivity contribution is 0.109. The molecule has 0 atom stereocenters. The SMILES string of the molecule is CCN(CC)c1nc2c(c(NC)n1)COCC2.